The van der Waals surface area contributed by atoms with Crippen molar-refractivity contribution in [3.8, 4) is 0 Å². The topological polar surface area (TPSA) is 29.1 Å². The summed E-state index contributed by atoms with van der Waals surface area (Å²) in [5, 5.41) is 3.03. The third kappa shape index (κ3) is 3.40. The number of hydrogen-bond acceptors (Lipinski definition) is 1. The summed E-state index contributed by atoms with van der Waals surface area (Å²) in [7, 11) is 5.79. The number of rotatable bonds is 2. The minimum Gasteiger partial charge on any atom is -0.326 e. The highest BCUT2D eigenvalue weighted by molar-refractivity contribution is 6.33. The van der Waals surface area contributed by atoms with Gasteiger partial charge in [-0.1, -0.05) is 30.9 Å². The minimum atomic E-state index is 0.147. The van der Waals surface area contributed by atoms with Gasteiger partial charge in [-0.2, -0.15) is 0 Å². The average molecular weight is 255 g/mol. The molecule has 1 aromatic rings. The largest absolute Gasteiger partial charge is 0.326 e. The van der Waals surface area contributed by atoms with Crippen LogP contribution >= 0.6 is 0 Å². The Bertz CT molecular complexity index is 472. The Labute approximate surface area is 117 Å². The molecule has 0 saturated heterocycles. The highest BCUT2D eigenvalue weighted by Crippen LogP contribution is 2.34. The van der Waals surface area contributed by atoms with Gasteiger partial charge in [-0.15, -0.1) is 0 Å². The van der Waals surface area contributed by atoms with E-state index in [1.807, 2.05) is 25.1 Å². The Morgan fingerprint density at radius 2 is 2.05 bits per heavy atom. The lowest BCUT2D eigenvalue weighted by Gasteiger charge is -2.31. The molecule has 3 atom stereocenters. The van der Waals surface area contributed by atoms with Crippen molar-refractivity contribution in [1.82, 2.24) is 0 Å². The molecule has 1 aromatic carbocycles. The van der Waals surface area contributed by atoms with E-state index in [-0.39, 0.29) is 11.8 Å². The first-order valence-electron chi connectivity index (χ1n) is 7.14. The monoisotopic (exact) mass is 255 g/mol. The van der Waals surface area contributed by atoms with Gasteiger partial charge in [0.15, 0.2) is 0 Å². The lowest BCUT2D eigenvalue weighted by atomic mass is 9.75. The van der Waals surface area contributed by atoms with Crippen LogP contribution in [0.2, 0.25) is 0 Å². The maximum absolute atomic E-state index is 12.3. The molecule has 19 heavy (non-hydrogen) atoms. The van der Waals surface area contributed by atoms with Crippen LogP contribution in [0.1, 0.15) is 38.7 Å². The van der Waals surface area contributed by atoms with Crippen LogP contribution in [0.5, 0.6) is 0 Å². The maximum atomic E-state index is 12.3. The Hall–Kier alpha value is -1.25. The van der Waals surface area contributed by atoms with Gasteiger partial charge in [0.25, 0.3) is 0 Å². The molecule has 0 aromatic heterocycles. The molecule has 0 spiro atoms. The average Bonchev–Trinajstić information content (AvgIpc) is 2.33. The first kappa shape index (κ1) is 14.2. The van der Waals surface area contributed by atoms with Crippen LogP contribution in [0, 0.1) is 24.7 Å². The van der Waals surface area contributed by atoms with Crippen molar-refractivity contribution < 1.29 is 4.79 Å². The highest BCUT2D eigenvalue weighted by atomic mass is 16.1. The molecule has 0 heterocycles. The summed E-state index contributed by atoms with van der Waals surface area (Å²) in [4.78, 5) is 12.3. The van der Waals surface area contributed by atoms with E-state index in [0.29, 0.717) is 5.92 Å². The molecule has 1 aliphatic carbocycles. The summed E-state index contributed by atoms with van der Waals surface area (Å²) >= 11 is 0. The standard InChI is InChI=1S/C16H22BNO/c1-10-4-6-14(11(2)8-10)16(19)18-13-5-7-15(17)12(3)9-13/h5,7,9-11,14H,4,6,8H2,1-3H3,(H,18,19). The molecule has 3 unspecified atom stereocenters. The molecule has 1 amide bonds. The van der Waals surface area contributed by atoms with Crippen LogP contribution in [0.15, 0.2) is 18.2 Å². The summed E-state index contributed by atoms with van der Waals surface area (Å²) in [6.45, 7) is 6.41. The summed E-state index contributed by atoms with van der Waals surface area (Å²) in [6, 6.07) is 5.65. The van der Waals surface area contributed by atoms with Crippen molar-refractivity contribution in [3.63, 3.8) is 0 Å². The molecule has 1 aliphatic rings. The van der Waals surface area contributed by atoms with Crippen molar-refractivity contribution in [2.45, 2.75) is 40.0 Å². The maximum Gasteiger partial charge on any atom is 0.227 e. The first-order chi connectivity index (χ1) is 8.97. The van der Waals surface area contributed by atoms with E-state index in [0.717, 1.165) is 41.9 Å². The van der Waals surface area contributed by atoms with Crippen molar-refractivity contribution in [1.29, 1.82) is 0 Å². The van der Waals surface area contributed by atoms with Crippen LogP contribution in [-0.2, 0) is 4.79 Å². The van der Waals surface area contributed by atoms with E-state index in [1.54, 1.807) is 0 Å². The Morgan fingerprint density at radius 1 is 1.32 bits per heavy atom. The van der Waals surface area contributed by atoms with E-state index in [2.05, 4.69) is 19.2 Å². The Morgan fingerprint density at radius 3 is 2.68 bits per heavy atom. The number of benzene rings is 1. The van der Waals surface area contributed by atoms with Crippen LogP contribution in [0.3, 0.4) is 0 Å². The number of anilines is 1. The van der Waals surface area contributed by atoms with Crippen LogP contribution in [-0.4, -0.2) is 13.8 Å². The van der Waals surface area contributed by atoms with Gasteiger partial charge in [-0.3, -0.25) is 4.79 Å². The summed E-state index contributed by atoms with van der Waals surface area (Å²) in [5.74, 6) is 1.52. The molecule has 3 heteroatoms. The summed E-state index contributed by atoms with van der Waals surface area (Å²) in [6.07, 6.45) is 3.31. The first-order valence-corrected chi connectivity index (χ1v) is 7.14. The number of carbonyl (C=O) groups excluding carboxylic acids is 1. The molecular formula is C16H22BNO. The molecule has 100 valence electrons. The van der Waals surface area contributed by atoms with Gasteiger partial charge in [-0.25, -0.2) is 0 Å². The predicted molar refractivity (Wildman–Crippen MR) is 80.9 cm³/mol. The second kappa shape index (κ2) is 5.81. The highest BCUT2D eigenvalue weighted by Gasteiger charge is 2.30. The van der Waals surface area contributed by atoms with Gasteiger partial charge in [0.1, 0.15) is 7.85 Å². The zero-order valence-electron chi connectivity index (χ0n) is 12.1. The summed E-state index contributed by atoms with van der Waals surface area (Å²) in [5.41, 5.74) is 2.61. The van der Waals surface area contributed by atoms with E-state index >= 15 is 0 Å². The molecule has 1 N–H and O–H groups in total. The minimum absolute atomic E-state index is 0.147. The molecule has 0 bridgehead atoms. The zero-order valence-corrected chi connectivity index (χ0v) is 12.1. The van der Waals surface area contributed by atoms with Crippen LogP contribution in [0.4, 0.5) is 5.69 Å². The van der Waals surface area contributed by atoms with Crippen LogP contribution in [0.25, 0.3) is 0 Å². The van der Waals surface area contributed by atoms with Gasteiger partial charge in [0.05, 0.1) is 0 Å². The predicted octanol–water partition coefficient (Wildman–Crippen LogP) is 2.80. The SMILES string of the molecule is [B]c1ccc(NC(=O)C2CCC(C)CC2C)cc1C. The molecule has 1 saturated carbocycles. The van der Waals surface area contributed by atoms with E-state index in [1.165, 1.54) is 0 Å². The van der Waals surface area contributed by atoms with E-state index < -0.39 is 0 Å². The molecule has 2 rings (SSSR count). The van der Waals surface area contributed by atoms with Gasteiger partial charge >= 0.3 is 0 Å². The van der Waals surface area contributed by atoms with E-state index in [9.17, 15) is 4.79 Å². The Kier molecular flexibility index (Phi) is 4.33. The molecule has 1 fully saturated rings. The van der Waals surface area contributed by atoms with Crippen LogP contribution < -0.4 is 10.8 Å². The third-order valence-corrected chi connectivity index (χ3v) is 4.31. The fraction of sp³-hybridized carbons (Fsp3) is 0.562. The molecule has 2 nitrogen and oxygen atoms in total. The quantitative estimate of drug-likeness (QED) is 0.809. The number of aryl methyl sites for hydroxylation is 1. The third-order valence-electron chi connectivity index (χ3n) is 4.31. The molecule has 2 radical (unpaired) electrons. The molecular weight excluding hydrogens is 233 g/mol. The number of nitrogens with one attached hydrogen (secondary N) is 1. The van der Waals surface area contributed by atoms with Crippen molar-refractivity contribution in [3.05, 3.63) is 23.8 Å². The Balaban J connectivity index is 2.02. The number of carbonyl (C=O) groups is 1. The van der Waals surface area contributed by atoms with Gasteiger partial charge in [-0.05, 0) is 50.2 Å². The number of amides is 1. The second-order valence-electron chi connectivity index (χ2n) is 6.06. The van der Waals surface area contributed by atoms with Crippen molar-refractivity contribution in [2.24, 2.45) is 17.8 Å². The fourth-order valence-corrected chi connectivity index (χ4v) is 3.04. The van der Waals surface area contributed by atoms with Crippen molar-refractivity contribution in [2.75, 3.05) is 5.32 Å². The lowest BCUT2D eigenvalue weighted by Crippen LogP contribution is -2.32. The number of hydrogen-bond donors (Lipinski definition) is 1. The molecule has 0 aliphatic heterocycles. The fourth-order valence-electron chi connectivity index (χ4n) is 3.04. The normalized spacial score (nSPS) is 27.0. The zero-order chi connectivity index (χ0) is 14.0. The van der Waals surface area contributed by atoms with Gasteiger partial charge in [0, 0.05) is 11.6 Å². The van der Waals surface area contributed by atoms with Gasteiger partial charge < -0.3 is 5.32 Å². The lowest BCUT2D eigenvalue weighted by molar-refractivity contribution is -0.122. The smallest absolute Gasteiger partial charge is 0.227 e. The van der Waals surface area contributed by atoms with Gasteiger partial charge in [0.2, 0.25) is 5.91 Å². The van der Waals surface area contributed by atoms with Crippen molar-refractivity contribution >= 4 is 24.9 Å². The van der Waals surface area contributed by atoms with E-state index in [4.69, 9.17) is 7.85 Å². The second-order valence-corrected chi connectivity index (χ2v) is 6.06. The summed E-state index contributed by atoms with van der Waals surface area (Å²) < 4.78 is 0.